The quantitative estimate of drug-likeness (QED) is 0.898. The maximum Gasteiger partial charge on any atom is 0.263 e. The number of alkyl halides is 2. The maximum atomic E-state index is 12.5. The summed E-state index contributed by atoms with van der Waals surface area (Å²) in [5.74, 6) is 0. The number of benzene rings is 1. The van der Waals surface area contributed by atoms with Gasteiger partial charge < -0.3 is 10.5 Å². The van der Waals surface area contributed by atoms with Crippen molar-refractivity contribution in [2.75, 3.05) is 26.7 Å². The van der Waals surface area contributed by atoms with Gasteiger partial charge in [0, 0.05) is 18.7 Å². The van der Waals surface area contributed by atoms with Gasteiger partial charge in [-0.1, -0.05) is 24.3 Å². The lowest BCUT2D eigenvalue weighted by Crippen LogP contribution is -2.46. The van der Waals surface area contributed by atoms with Crippen molar-refractivity contribution in [2.24, 2.45) is 5.73 Å². The average Bonchev–Trinajstić information content (AvgIpc) is 2.38. The number of ether oxygens (including phenoxy) is 1. The Kier molecular flexibility index (Phi) is 4.27. The Labute approximate surface area is 106 Å². The zero-order valence-electron chi connectivity index (χ0n) is 10.4. The van der Waals surface area contributed by atoms with Crippen LogP contribution in [0.3, 0.4) is 0 Å². The summed E-state index contributed by atoms with van der Waals surface area (Å²) in [6.45, 7) is 1.90. The summed E-state index contributed by atoms with van der Waals surface area (Å²) in [4.78, 5) is 2.15. The Hall–Kier alpha value is -1.04. The molecule has 1 heterocycles. The summed E-state index contributed by atoms with van der Waals surface area (Å²) < 4.78 is 30.6. The Morgan fingerprint density at radius 1 is 1.39 bits per heavy atom. The highest BCUT2D eigenvalue weighted by molar-refractivity contribution is 5.27. The van der Waals surface area contributed by atoms with Crippen LogP contribution in [-0.2, 0) is 4.74 Å². The minimum absolute atomic E-state index is 0.0375. The molecule has 0 saturated carbocycles. The van der Waals surface area contributed by atoms with E-state index in [4.69, 9.17) is 10.5 Å². The van der Waals surface area contributed by atoms with Crippen LogP contribution in [0.4, 0.5) is 8.78 Å². The first-order valence-electron chi connectivity index (χ1n) is 6.03. The smallest absolute Gasteiger partial charge is 0.263 e. The predicted molar refractivity (Wildman–Crippen MR) is 65.6 cm³/mol. The molecule has 0 aliphatic carbocycles. The van der Waals surface area contributed by atoms with Gasteiger partial charge in [0.05, 0.1) is 18.8 Å². The number of nitrogens with two attached hydrogens (primary N) is 1. The van der Waals surface area contributed by atoms with Crippen molar-refractivity contribution < 1.29 is 13.5 Å². The Morgan fingerprint density at radius 3 is 2.61 bits per heavy atom. The molecule has 1 aliphatic heterocycles. The van der Waals surface area contributed by atoms with Gasteiger partial charge in [-0.25, -0.2) is 8.78 Å². The van der Waals surface area contributed by atoms with Gasteiger partial charge in [0.1, 0.15) is 0 Å². The number of likely N-dealkylation sites (N-methyl/N-ethyl adjacent to an activating group) is 1. The van der Waals surface area contributed by atoms with Crippen LogP contribution in [0, 0.1) is 0 Å². The fourth-order valence-corrected chi connectivity index (χ4v) is 2.37. The van der Waals surface area contributed by atoms with Crippen molar-refractivity contribution in [3.8, 4) is 0 Å². The van der Waals surface area contributed by atoms with Crippen LogP contribution in [-0.4, -0.2) is 37.7 Å². The van der Waals surface area contributed by atoms with Gasteiger partial charge in [-0.3, -0.25) is 4.90 Å². The topological polar surface area (TPSA) is 38.5 Å². The second-order valence-corrected chi connectivity index (χ2v) is 4.54. The van der Waals surface area contributed by atoms with Crippen LogP contribution in [0.1, 0.15) is 23.6 Å². The fourth-order valence-electron chi connectivity index (χ4n) is 2.37. The van der Waals surface area contributed by atoms with Crippen LogP contribution in [0.2, 0.25) is 0 Å². The van der Waals surface area contributed by atoms with Gasteiger partial charge in [-0.05, 0) is 12.6 Å². The van der Waals surface area contributed by atoms with E-state index in [9.17, 15) is 8.78 Å². The number of nitrogens with zero attached hydrogens (tertiary/aromatic N) is 1. The highest BCUT2D eigenvalue weighted by atomic mass is 19.3. The van der Waals surface area contributed by atoms with Gasteiger partial charge in [-0.15, -0.1) is 0 Å². The largest absolute Gasteiger partial charge is 0.374 e. The molecule has 3 nitrogen and oxygen atoms in total. The standard InChI is InChI=1S/C13H18F2N2O/c1-17-6-7-18-11(8-16)12(17)9-2-4-10(5-3-9)13(14)15/h2-5,11-13H,6-8,16H2,1H3. The zero-order chi connectivity index (χ0) is 13.1. The second-order valence-electron chi connectivity index (χ2n) is 4.54. The van der Waals surface area contributed by atoms with E-state index in [-0.39, 0.29) is 17.7 Å². The van der Waals surface area contributed by atoms with Crippen molar-refractivity contribution >= 4 is 0 Å². The van der Waals surface area contributed by atoms with Gasteiger partial charge >= 0.3 is 0 Å². The van der Waals surface area contributed by atoms with Crippen LogP contribution in [0.25, 0.3) is 0 Å². The molecule has 1 fully saturated rings. The number of rotatable bonds is 3. The molecule has 100 valence electrons. The first kappa shape index (κ1) is 13.4. The van der Waals surface area contributed by atoms with Crippen LogP contribution in [0.5, 0.6) is 0 Å². The monoisotopic (exact) mass is 256 g/mol. The van der Waals surface area contributed by atoms with Gasteiger partial charge in [-0.2, -0.15) is 0 Å². The number of hydrogen-bond acceptors (Lipinski definition) is 3. The lowest BCUT2D eigenvalue weighted by atomic mass is 9.97. The van der Waals surface area contributed by atoms with Crippen LogP contribution >= 0.6 is 0 Å². The fraction of sp³-hybridized carbons (Fsp3) is 0.538. The molecule has 2 rings (SSSR count). The Bertz CT molecular complexity index is 383. The predicted octanol–water partition coefficient (Wildman–Crippen LogP) is 1.95. The van der Waals surface area contributed by atoms with Crippen molar-refractivity contribution in [1.82, 2.24) is 4.90 Å². The van der Waals surface area contributed by atoms with E-state index in [0.29, 0.717) is 13.2 Å². The molecule has 1 aliphatic rings. The van der Waals surface area contributed by atoms with E-state index in [1.807, 2.05) is 7.05 Å². The molecule has 18 heavy (non-hydrogen) atoms. The third kappa shape index (κ3) is 2.68. The summed E-state index contributed by atoms with van der Waals surface area (Å²) in [5, 5.41) is 0. The summed E-state index contributed by atoms with van der Waals surface area (Å²) in [6.07, 6.45) is -2.51. The minimum atomic E-state index is -2.43. The molecular weight excluding hydrogens is 238 g/mol. The highest BCUT2D eigenvalue weighted by Crippen LogP contribution is 2.29. The lowest BCUT2D eigenvalue weighted by molar-refractivity contribution is -0.0576. The molecule has 5 heteroatoms. The number of morpholine rings is 1. The molecule has 2 N–H and O–H groups in total. The highest BCUT2D eigenvalue weighted by Gasteiger charge is 2.30. The number of halogens is 2. The van der Waals surface area contributed by atoms with E-state index in [2.05, 4.69) is 4.90 Å². The van der Waals surface area contributed by atoms with E-state index >= 15 is 0 Å². The van der Waals surface area contributed by atoms with Crippen molar-refractivity contribution in [1.29, 1.82) is 0 Å². The summed E-state index contributed by atoms with van der Waals surface area (Å²) >= 11 is 0. The van der Waals surface area contributed by atoms with Crippen molar-refractivity contribution in [3.63, 3.8) is 0 Å². The summed E-state index contributed by atoms with van der Waals surface area (Å²) in [5.41, 5.74) is 6.71. The summed E-state index contributed by atoms with van der Waals surface area (Å²) in [6, 6.07) is 6.45. The lowest BCUT2D eigenvalue weighted by Gasteiger charge is -2.39. The molecule has 0 spiro atoms. The van der Waals surface area contributed by atoms with E-state index in [1.165, 1.54) is 12.1 Å². The molecule has 1 aromatic rings. The Morgan fingerprint density at radius 2 is 2.06 bits per heavy atom. The normalized spacial score (nSPS) is 25.6. The average molecular weight is 256 g/mol. The molecule has 0 radical (unpaired) electrons. The van der Waals surface area contributed by atoms with Crippen molar-refractivity contribution in [2.45, 2.75) is 18.6 Å². The van der Waals surface area contributed by atoms with Crippen molar-refractivity contribution in [3.05, 3.63) is 35.4 Å². The third-order valence-electron chi connectivity index (χ3n) is 3.37. The molecule has 0 aromatic heterocycles. The SMILES string of the molecule is CN1CCOC(CN)C1c1ccc(C(F)F)cc1. The molecular formula is C13H18F2N2O. The molecule has 1 aromatic carbocycles. The van der Waals surface area contributed by atoms with Gasteiger partial charge in [0.2, 0.25) is 0 Å². The van der Waals surface area contributed by atoms with Gasteiger partial charge in [0.15, 0.2) is 0 Å². The van der Waals surface area contributed by atoms with E-state index < -0.39 is 6.43 Å². The first-order valence-corrected chi connectivity index (χ1v) is 6.03. The first-order chi connectivity index (χ1) is 8.63. The molecule has 0 bridgehead atoms. The van der Waals surface area contributed by atoms with E-state index in [1.54, 1.807) is 12.1 Å². The number of hydrogen-bond donors (Lipinski definition) is 1. The van der Waals surface area contributed by atoms with Crippen LogP contribution in [0.15, 0.2) is 24.3 Å². The summed E-state index contributed by atoms with van der Waals surface area (Å²) in [7, 11) is 2.00. The molecule has 2 unspecified atom stereocenters. The van der Waals surface area contributed by atoms with Gasteiger partial charge in [0.25, 0.3) is 6.43 Å². The molecule has 0 amide bonds. The minimum Gasteiger partial charge on any atom is -0.374 e. The Balaban J connectivity index is 2.22. The van der Waals surface area contributed by atoms with Crippen LogP contribution < -0.4 is 5.73 Å². The third-order valence-corrected chi connectivity index (χ3v) is 3.37. The molecule has 2 atom stereocenters. The second kappa shape index (κ2) is 5.73. The van der Waals surface area contributed by atoms with E-state index in [0.717, 1.165) is 12.1 Å². The zero-order valence-corrected chi connectivity index (χ0v) is 10.4. The molecule has 1 saturated heterocycles. The maximum absolute atomic E-state index is 12.5.